The van der Waals surface area contributed by atoms with Gasteiger partial charge in [-0.3, -0.25) is 0 Å². The normalized spacial score (nSPS) is 10.3. The van der Waals surface area contributed by atoms with Gasteiger partial charge in [0.2, 0.25) is 5.76 Å². The lowest BCUT2D eigenvalue weighted by Crippen LogP contribution is -2.08. The smallest absolute Gasteiger partial charge is 0.379 e. The molecule has 0 aliphatic carbocycles. The summed E-state index contributed by atoms with van der Waals surface area (Å²) in [5, 5.41) is 0. The molecule has 1 heterocycles. The molecule has 0 bridgehead atoms. The first-order valence-corrected chi connectivity index (χ1v) is 6.07. The van der Waals surface area contributed by atoms with Gasteiger partial charge in [0.1, 0.15) is 0 Å². The Morgan fingerprint density at radius 2 is 2.00 bits per heavy atom. The molecule has 0 unspecified atom stereocenters. The van der Waals surface area contributed by atoms with Crippen molar-refractivity contribution in [1.82, 2.24) is 0 Å². The summed E-state index contributed by atoms with van der Waals surface area (Å²) >= 11 is 6.16. The van der Waals surface area contributed by atoms with E-state index in [2.05, 4.69) is 31.9 Å². The molecule has 1 aromatic heterocycles. The molecule has 0 N–H and O–H groups in total. The van der Waals surface area contributed by atoms with E-state index < -0.39 is 11.8 Å². The summed E-state index contributed by atoms with van der Waals surface area (Å²) in [6.45, 7) is 0. The third-order valence-corrected chi connectivity index (χ3v) is 2.79. The maximum Gasteiger partial charge on any atom is 0.379 e. The number of carbonyl (C=O) groups excluding carboxylic acids is 1. The topological polar surface area (TPSA) is 39.4 Å². The summed E-state index contributed by atoms with van der Waals surface area (Å²) < 4.78 is 24.2. The highest BCUT2D eigenvalue weighted by atomic mass is 79.9. The van der Waals surface area contributed by atoms with Gasteiger partial charge in [0, 0.05) is 4.47 Å². The van der Waals surface area contributed by atoms with Gasteiger partial charge in [0.15, 0.2) is 16.2 Å². The first-order valence-electron chi connectivity index (χ1n) is 4.49. The number of furan rings is 1. The third-order valence-electron chi connectivity index (χ3n) is 1.87. The van der Waals surface area contributed by atoms with Crippen LogP contribution < -0.4 is 4.74 Å². The first kappa shape index (κ1) is 12.3. The van der Waals surface area contributed by atoms with Crippen LogP contribution in [0.4, 0.5) is 4.39 Å². The van der Waals surface area contributed by atoms with E-state index in [1.54, 1.807) is 12.1 Å². The van der Waals surface area contributed by atoms with Crippen molar-refractivity contribution < 1.29 is 18.3 Å². The lowest BCUT2D eigenvalue weighted by molar-refractivity contribution is 0.0693. The Hall–Kier alpha value is -1.14. The Kier molecular flexibility index (Phi) is 3.63. The van der Waals surface area contributed by atoms with Crippen molar-refractivity contribution in [2.24, 2.45) is 0 Å². The van der Waals surface area contributed by atoms with Crippen LogP contribution in [0.3, 0.4) is 0 Å². The van der Waals surface area contributed by atoms with Gasteiger partial charge in [0.25, 0.3) is 0 Å². The van der Waals surface area contributed by atoms with Crippen LogP contribution in [0.25, 0.3) is 0 Å². The monoisotopic (exact) mass is 362 g/mol. The van der Waals surface area contributed by atoms with E-state index in [0.29, 0.717) is 9.14 Å². The van der Waals surface area contributed by atoms with Crippen LogP contribution in [0, 0.1) is 5.82 Å². The number of halogens is 3. The maximum absolute atomic E-state index is 13.4. The van der Waals surface area contributed by atoms with Crippen LogP contribution in [0.2, 0.25) is 0 Å². The highest BCUT2D eigenvalue weighted by Gasteiger charge is 2.15. The van der Waals surface area contributed by atoms with Gasteiger partial charge in [-0.15, -0.1) is 0 Å². The SMILES string of the molecule is O=C(Oc1ccc(Br)cc1F)c1ccc(Br)o1. The lowest BCUT2D eigenvalue weighted by atomic mass is 10.3. The molecule has 3 nitrogen and oxygen atoms in total. The van der Waals surface area contributed by atoms with E-state index in [1.807, 2.05) is 0 Å². The minimum atomic E-state index is -0.753. The predicted octanol–water partition coefficient (Wildman–Crippen LogP) is 4.16. The standard InChI is InChI=1S/C11H5Br2FO3/c12-6-1-2-8(7(14)5-6)17-11(15)9-3-4-10(13)16-9/h1-5H. The molecule has 0 aliphatic heterocycles. The van der Waals surface area contributed by atoms with E-state index in [4.69, 9.17) is 9.15 Å². The van der Waals surface area contributed by atoms with Crippen molar-refractivity contribution in [3.63, 3.8) is 0 Å². The predicted molar refractivity (Wildman–Crippen MR) is 65.5 cm³/mol. The summed E-state index contributed by atoms with van der Waals surface area (Å²) in [5.41, 5.74) is 0. The Morgan fingerprint density at radius 3 is 2.59 bits per heavy atom. The molecule has 0 spiro atoms. The average molecular weight is 364 g/mol. The molecular weight excluding hydrogens is 359 g/mol. The van der Waals surface area contributed by atoms with Crippen molar-refractivity contribution in [3.8, 4) is 5.75 Å². The maximum atomic E-state index is 13.4. The van der Waals surface area contributed by atoms with Crippen LogP contribution in [0.15, 0.2) is 43.9 Å². The van der Waals surface area contributed by atoms with E-state index in [-0.39, 0.29) is 11.5 Å². The van der Waals surface area contributed by atoms with Crippen molar-refractivity contribution >= 4 is 37.8 Å². The fourth-order valence-corrected chi connectivity index (χ4v) is 1.77. The molecule has 6 heteroatoms. The average Bonchev–Trinajstić information content (AvgIpc) is 2.69. The zero-order chi connectivity index (χ0) is 12.4. The Labute approximate surface area is 113 Å². The van der Waals surface area contributed by atoms with E-state index in [0.717, 1.165) is 0 Å². The molecule has 88 valence electrons. The molecule has 0 saturated heterocycles. The highest BCUT2D eigenvalue weighted by Crippen LogP contribution is 2.23. The summed E-state index contributed by atoms with van der Waals surface area (Å²) in [6, 6.07) is 7.12. The number of carbonyl (C=O) groups is 1. The first-order chi connectivity index (χ1) is 8.06. The van der Waals surface area contributed by atoms with Crippen LogP contribution in [0.5, 0.6) is 5.75 Å². The molecule has 2 aromatic rings. The zero-order valence-electron chi connectivity index (χ0n) is 8.25. The number of esters is 1. The summed E-state index contributed by atoms with van der Waals surface area (Å²) in [4.78, 5) is 11.5. The molecule has 0 atom stereocenters. The Balaban J connectivity index is 2.18. The van der Waals surface area contributed by atoms with E-state index in [1.165, 1.54) is 18.2 Å². The number of benzene rings is 1. The van der Waals surface area contributed by atoms with Crippen LogP contribution in [0.1, 0.15) is 10.6 Å². The largest absolute Gasteiger partial charge is 0.442 e. The molecule has 0 fully saturated rings. The molecule has 17 heavy (non-hydrogen) atoms. The summed E-state index contributed by atoms with van der Waals surface area (Å²) in [7, 11) is 0. The Bertz CT molecular complexity index is 566. The van der Waals surface area contributed by atoms with Gasteiger partial charge in [-0.1, -0.05) is 15.9 Å². The second kappa shape index (κ2) is 5.01. The zero-order valence-corrected chi connectivity index (χ0v) is 11.4. The fourth-order valence-electron chi connectivity index (χ4n) is 1.13. The van der Waals surface area contributed by atoms with Gasteiger partial charge >= 0.3 is 5.97 Å². The van der Waals surface area contributed by atoms with Crippen LogP contribution >= 0.6 is 31.9 Å². The fraction of sp³-hybridized carbons (Fsp3) is 0. The Morgan fingerprint density at radius 1 is 1.24 bits per heavy atom. The minimum Gasteiger partial charge on any atom is -0.442 e. The van der Waals surface area contributed by atoms with Crippen molar-refractivity contribution in [2.45, 2.75) is 0 Å². The highest BCUT2D eigenvalue weighted by molar-refractivity contribution is 9.10. The van der Waals surface area contributed by atoms with Crippen LogP contribution in [-0.4, -0.2) is 5.97 Å². The number of rotatable bonds is 2. The van der Waals surface area contributed by atoms with Crippen molar-refractivity contribution in [3.05, 3.63) is 51.1 Å². The van der Waals surface area contributed by atoms with Crippen molar-refractivity contribution in [2.75, 3.05) is 0 Å². The van der Waals surface area contributed by atoms with Gasteiger partial charge in [-0.25, -0.2) is 9.18 Å². The third kappa shape index (κ3) is 2.95. The number of hydrogen-bond acceptors (Lipinski definition) is 3. The quantitative estimate of drug-likeness (QED) is 0.594. The van der Waals surface area contributed by atoms with Crippen LogP contribution in [-0.2, 0) is 0 Å². The van der Waals surface area contributed by atoms with Gasteiger partial charge in [0.05, 0.1) is 0 Å². The number of hydrogen-bond donors (Lipinski definition) is 0. The molecular formula is C11H5Br2FO3. The van der Waals surface area contributed by atoms with Gasteiger partial charge in [-0.2, -0.15) is 0 Å². The summed E-state index contributed by atoms with van der Waals surface area (Å²) in [6.07, 6.45) is 0. The molecule has 0 aliphatic rings. The number of ether oxygens (including phenoxy) is 1. The molecule has 2 rings (SSSR count). The second-order valence-electron chi connectivity index (χ2n) is 3.07. The van der Waals surface area contributed by atoms with E-state index >= 15 is 0 Å². The molecule has 0 amide bonds. The molecule has 0 saturated carbocycles. The second-order valence-corrected chi connectivity index (χ2v) is 4.77. The summed E-state index contributed by atoms with van der Waals surface area (Å²) in [5.74, 6) is -1.53. The molecule has 1 aromatic carbocycles. The van der Waals surface area contributed by atoms with Crippen molar-refractivity contribution in [1.29, 1.82) is 0 Å². The van der Waals surface area contributed by atoms with Gasteiger partial charge in [-0.05, 0) is 46.3 Å². The van der Waals surface area contributed by atoms with E-state index in [9.17, 15) is 9.18 Å². The lowest BCUT2D eigenvalue weighted by Gasteiger charge is -2.03. The molecule has 0 radical (unpaired) electrons. The van der Waals surface area contributed by atoms with Gasteiger partial charge < -0.3 is 9.15 Å². The minimum absolute atomic E-state index is 0.000747.